The Kier molecular flexibility index (Phi) is 53.2. The second-order valence-corrected chi connectivity index (χ2v) is 9.54. The molecule has 0 heterocycles. The van der Waals surface area contributed by atoms with Gasteiger partial charge in [-0.1, -0.05) is 0 Å². The van der Waals surface area contributed by atoms with Gasteiger partial charge in [-0.3, -0.25) is 0 Å². The zero-order valence-corrected chi connectivity index (χ0v) is 20.8. The summed E-state index contributed by atoms with van der Waals surface area (Å²) in [5, 5.41) is 69.0. The molecule has 18 heteroatoms. The van der Waals surface area contributed by atoms with Gasteiger partial charge in [0, 0.05) is 39.8 Å². The van der Waals surface area contributed by atoms with Crippen molar-refractivity contribution in [2.45, 2.75) is 34.3 Å². The van der Waals surface area contributed by atoms with Crippen molar-refractivity contribution in [1.29, 1.82) is 0 Å². The molecule has 0 fully saturated rings. The molecule has 189 valence electrons. The maximum absolute atomic E-state index is 8.88. The smallest absolute Gasteiger partial charge is 0.160 e. The van der Waals surface area contributed by atoms with E-state index in [-0.39, 0.29) is 70.9 Å². The molecule has 12 nitrogen and oxygen atoms in total. The molecule has 0 aromatic rings. The number of thioether (sulfide) groups is 4. The largest absolute Gasteiger partial charge is 0.457 e. The maximum atomic E-state index is 8.88. The third-order valence-corrected chi connectivity index (χ3v) is 8.67. The van der Waals surface area contributed by atoms with Crippen LogP contribution in [-0.4, -0.2) is 104 Å². The van der Waals surface area contributed by atoms with Gasteiger partial charge in [0.15, 0.2) is 25.2 Å². The second kappa shape index (κ2) is 32.0. The summed E-state index contributed by atoms with van der Waals surface area (Å²) in [7, 11) is 0. The van der Waals surface area contributed by atoms with Gasteiger partial charge >= 0.3 is 0 Å². The zero-order valence-electron chi connectivity index (χ0n) is 15.6. The van der Waals surface area contributed by atoms with Gasteiger partial charge in [0.25, 0.3) is 0 Å². The number of hydrogen-bond acceptors (Lipinski definition) is 13. The SMILES string of the molecule is CSC(SCC(O)O)C(SCC(O)O)SCC(O)O.OC(O)CS.[Co].[OH3+].[OH3+].[OH3+].[OH3+]. The van der Waals surface area contributed by atoms with Gasteiger partial charge < -0.3 is 62.8 Å². The molecule has 0 bridgehead atoms. The van der Waals surface area contributed by atoms with Gasteiger partial charge in [-0.2, -0.15) is 12.6 Å². The van der Waals surface area contributed by atoms with Crippen LogP contribution in [0, 0.1) is 0 Å². The van der Waals surface area contributed by atoms with E-state index < -0.39 is 25.2 Å². The molecule has 1 unspecified atom stereocenters. The normalized spacial score (nSPS) is 10.9. The van der Waals surface area contributed by atoms with E-state index in [9.17, 15) is 0 Å². The predicted molar refractivity (Wildman–Crippen MR) is 125 cm³/mol. The molecule has 0 aliphatic carbocycles. The van der Waals surface area contributed by atoms with E-state index in [0.29, 0.717) is 0 Å². The van der Waals surface area contributed by atoms with Gasteiger partial charge in [0.2, 0.25) is 0 Å². The van der Waals surface area contributed by atoms with Gasteiger partial charge in [-0.25, -0.2) is 0 Å². The van der Waals surface area contributed by atoms with Crippen LogP contribution in [-0.2, 0) is 38.7 Å². The minimum atomic E-state index is -1.43. The Morgan fingerprint density at radius 3 is 1.00 bits per heavy atom. The van der Waals surface area contributed by atoms with Crippen molar-refractivity contribution in [3.63, 3.8) is 0 Å². The average molecular weight is 582 g/mol. The first-order chi connectivity index (χ1) is 11.1. The predicted octanol–water partition coefficient (Wildman–Crippen LogP) is -5.33. The fraction of sp³-hybridized carbons (Fsp3) is 1.00. The number of thiol groups is 1. The molecular formula is C11H38CoO12S5+4. The third kappa shape index (κ3) is 37.4. The van der Waals surface area contributed by atoms with Crippen LogP contribution in [0.3, 0.4) is 0 Å². The third-order valence-electron chi connectivity index (χ3n) is 1.85. The van der Waals surface area contributed by atoms with Gasteiger partial charge in [0.05, 0.1) is 9.16 Å². The number of aliphatic hydroxyl groups excluding tert-OH is 4. The summed E-state index contributed by atoms with van der Waals surface area (Å²) >= 11 is 8.93. The van der Waals surface area contributed by atoms with Crippen LogP contribution in [0.4, 0.5) is 0 Å². The molecule has 1 atom stereocenters. The first-order valence-electron chi connectivity index (χ1n) is 6.57. The standard InChI is InChI=1S/C9H20O6S4.C2H6O2S.Co.4H2O/c1-16-8(17-2-5(10)11)9(18-3-6(12)13)19-4-7(14)15;3-2(4)1-5;;;;;/h5-15H,2-4H2,1H3;2-5H,1H2;;4*1H2/p+4. The van der Waals surface area contributed by atoms with Crippen LogP contribution in [0.25, 0.3) is 0 Å². The van der Waals surface area contributed by atoms with E-state index in [4.69, 9.17) is 40.9 Å². The quantitative estimate of drug-likeness (QED) is 0.0593. The molecule has 29 heavy (non-hydrogen) atoms. The molecule has 0 aromatic heterocycles. The molecule has 0 aromatic carbocycles. The van der Waals surface area contributed by atoms with E-state index in [2.05, 4.69) is 12.6 Å². The van der Waals surface area contributed by atoms with Crippen molar-refractivity contribution in [2.24, 2.45) is 0 Å². The Labute approximate surface area is 202 Å². The van der Waals surface area contributed by atoms with E-state index in [1.54, 1.807) is 0 Å². The van der Waals surface area contributed by atoms with Crippen LogP contribution in [0.15, 0.2) is 0 Å². The summed E-state index contributed by atoms with van der Waals surface area (Å²) in [4.78, 5) is 0. The molecule has 0 aliphatic heterocycles. The van der Waals surface area contributed by atoms with Crippen molar-refractivity contribution >= 4 is 59.7 Å². The van der Waals surface area contributed by atoms with E-state index in [0.717, 1.165) is 0 Å². The molecule has 0 saturated heterocycles. The van der Waals surface area contributed by atoms with Crippen molar-refractivity contribution in [3.05, 3.63) is 0 Å². The summed E-state index contributed by atoms with van der Waals surface area (Å²) in [5.74, 6) is 0.476. The van der Waals surface area contributed by atoms with E-state index in [1.807, 2.05) is 6.26 Å². The summed E-state index contributed by atoms with van der Waals surface area (Å²) in [6.45, 7) is 0. The molecule has 0 spiro atoms. The van der Waals surface area contributed by atoms with Crippen LogP contribution in [0.1, 0.15) is 0 Å². The Hall–Kier alpha value is 1.78. The number of rotatable bonds is 12. The van der Waals surface area contributed by atoms with Crippen LogP contribution in [0.2, 0.25) is 0 Å². The van der Waals surface area contributed by atoms with Crippen molar-refractivity contribution < 1.29 is 79.5 Å². The average Bonchev–Trinajstić information content (AvgIpc) is 2.49. The Morgan fingerprint density at radius 1 is 0.586 bits per heavy atom. The number of hydrogen-bond donors (Lipinski definition) is 9. The monoisotopic (exact) mass is 581 g/mol. The van der Waals surface area contributed by atoms with Crippen molar-refractivity contribution in [1.82, 2.24) is 0 Å². The Balaban J connectivity index is -0.0000000865. The van der Waals surface area contributed by atoms with E-state index in [1.165, 1.54) is 47.0 Å². The van der Waals surface area contributed by atoms with Gasteiger partial charge in [-0.05, 0) is 6.26 Å². The van der Waals surface area contributed by atoms with E-state index >= 15 is 0 Å². The molecule has 20 N–H and O–H groups in total. The summed E-state index contributed by atoms with van der Waals surface area (Å²) in [5.41, 5.74) is 0. The summed E-state index contributed by atoms with van der Waals surface area (Å²) in [6, 6.07) is 0. The topological polar surface area (TPSA) is 294 Å². The van der Waals surface area contributed by atoms with Gasteiger partial charge in [0.1, 0.15) is 0 Å². The maximum Gasteiger partial charge on any atom is 0.160 e. The fourth-order valence-corrected chi connectivity index (χ4v) is 6.50. The summed E-state index contributed by atoms with van der Waals surface area (Å²) < 4.78 is -0.156. The molecule has 1 radical (unpaired) electrons. The fourth-order valence-electron chi connectivity index (χ4n) is 1.01. The molecular weight excluding hydrogens is 543 g/mol. The second-order valence-electron chi connectivity index (χ2n) is 4.08. The van der Waals surface area contributed by atoms with Crippen LogP contribution < -0.4 is 0 Å². The number of aliphatic hydroxyl groups is 8. The molecule has 0 saturated carbocycles. The van der Waals surface area contributed by atoms with Crippen molar-refractivity contribution in [3.8, 4) is 0 Å². The summed E-state index contributed by atoms with van der Waals surface area (Å²) in [6.07, 6.45) is -3.65. The zero-order chi connectivity index (χ0) is 19.1. The first-order valence-corrected chi connectivity index (χ1v) is 11.6. The minimum Gasteiger partial charge on any atom is -0.457 e. The molecule has 0 rings (SSSR count). The molecule has 0 amide bonds. The van der Waals surface area contributed by atoms with Crippen molar-refractivity contribution in [2.75, 3.05) is 29.3 Å². The minimum absolute atomic E-state index is 0. The van der Waals surface area contributed by atoms with Crippen LogP contribution in [0.5, 0.6) is 0 Å². The Bertz CT molecular complexity index is 273. The van der Waals surface area contributed by atoms with Gasteiger partial charge in [-0.15, -0.1) is 47.0 Å². The molecule has 0 aliphatic rings. The first kappa shape index (κ1) is 48.3. The van der Waals surface area contributed by atoms with Crippen LogP contribution >= 0.6 is 59.7 Å². The Morgan fingerprint density at radius 2 is 0.828 bits per heavy atom.